The molecule has 0 radical (unpaired) electrons. The Kier molecular flexibility index (Phi) is 5.05. The number of hydrogen-bond donors (Lipinski definition) is 1. The highest BCUT2D eigenvalue weighted by Crippen LogP contribution is 2.21. The van der Waals surface area contributed by atoms with E-state index in [9.17, 15) is 0 Å². The van der Waals surface area contributed by atoms with E-state index in [1.807, 2.05) is 0 Å². The SMILES string of the molecule is CC(C)CC1CN(CCC2=CCCC2)CCN1. The van der Waals surface area contributed by atoms with Gasteiger partial charge in [-0.15, -0.1) is 0 Å². The van der Waals surface area contributed by atoms with Crippen LogP contribution in [0.4, 0.5) is 0 Å². The van der Waals surface area contributed by atoms with Crippen molar-refractivity contribution < 1.29 is 0 Å². The van der Waals surface area contributed by atoms with E-state index in [4.69, 9.17) is 0 Å². The third-order valence-corrected chi connectivity index (χ3v) is 3.98. The van der Waals surface area contributed by atoms with Crippen molar-refractivity contribution in [3.8, 4) is 0 Å². The maximum atomic E-state index is 3.65. The van der Waals surface area contributed by atoms with Gasteiger partial charge in [-0.1, -0.05) is 25.5 Å². The molecular weight excluding hydrogens is 208 g/mol. The first-order valence-corrected chi connectivity index (χ1v) is 7.37. The standard InChI is InChI=1S/C15H28N2/c1-13(2)11-15-12-17(10-8-16-15)9-7-14-5-3-4-6-14/h5,13,15-16H,3-4,6-12H2,1-2H3. The summed E-state index contributed by atoms with van der Waals surface area (Å²) in [5.41, 5.74) is 1.71. The number of rotatable bonds is 5. The predicted molar refractivity (Wildman–Crippen MR) is 74.2 cm³/mol. The zero-order valence-electron chi connectivity index (χ0n) is 11.5. The molecule has 0 bridgehead atoms. The van der Waals surface area contributed by atoms with Crippen LogP contribution >= 0.6 is 0 Å². The van der Waals surface area contributed by atoms with Gasteiger partial charge in [0.25, 0.3) is 0 Å². The van der Waals surface area contributed by atoms with Crippen LogP contribution in [0.1, 0.15) is 46.0 Å². The lowest BCUT2D eigenvalue weighted by Crippen LogP contribution is -2.51. The number of allylic oxidation sites excluding steroid dienone is 1. The maximum absolute atomic E-state index is 3.65. The van der Waals surface area contributed by atoms with Gasteiger partial charge >= 0.3 is 0 Å². The van der Waals surface area contributed by atoms with Gasteiger partial charge in [-0.05, 0) is 38.0 Å². The second kappa shape index (κ2) is 6.55. The Labute approximate surface area is 106 Å². The van der Waals surface area contributed by atoms with Crippen molar-refractivity contribution in [2.75, 3.05) is 26.2 Å². The minimum Gasteiger partial charge on any atom is -0.311 e. The molecule has 1 atom stereocenters. The fraction of sp³-hybridized carbons (Fsp3) is 0.867. The zero-order chi connectivity index (χ0) is 12.1. The minimum absolute atomic E-state index is 0.723. The van der Waals surface area contributed by atoms with Crippen molar-refractivity contribution in [2.24, 2.45) is 5.92 Å². The Morgan fingerprint density at radius 3 is 3.06 bits per heavy atom. The molecule has 2 aliphatic rings. The van der Waals surface area contributed by atoms with Crippen LogP contribution in [-0.4, -0.2) is 37.1 Å². The molecule has 1 N–H and O–H groups in total. The predicted octanol–water partition coefficient (Wildman–Crippen LogP) is 2.81. The largest absolute Gasteiger partial charge is 0.311 e. The van der Waals surface area contributed by atoms with Gasteiger partial charge in [-0.25, -0.2) is 0 Å². The summed E-state index contributed by atoms with van der Waals surface area (Å²) in [5.74, 6) is 0.810. The number of hydrogen-bond acceptors (Lipinski definition) is 2. The molecule has 1 heterocycles. The summed E-state index contributed by atoms with van der Waals surface area (Å²) in [5, 5.41) is 3.65. The highest BCUT2D eigenvalue weighted by atomic mass is 15.2. The summed E-state index contributed by atoms with van der Waals surface area (Å²) in [4.78, 5) is 2.66. The molecule has 98 valence electrons. The van der Waals surface area contributed by atoms with Crippen LogP contribution in [0.25, 0.3) is 0 Å². The van der Waals surface area contributed by atoms with E-state index >= 15 is 0 Å². The molecule has 1 aliphatic heterocycles. The van der Waals surface area contributed by atoms with Crippen LogP contribution in [0.2, 0.25) is 0 Å². The molecule has 1 aliphatic carbocycles. The van der Waals surface area contributed by atoms with E-state index < -0.39 is 0 Å². The number of piperazine rings is 1. The first kappa shape index (κ1) is 13.1. The maximum Gasteiger partial charge on any atom is 0.0198 e. The monoisotopic (exact) mass is 236 g/mol. The quantitative estimate of drug-likeness (QED) is 0.738. The molecular formula is C15H28N2. The van der Waals surface area contributed by atoms with Gasteiger partial charge in [0, 0.05) is 32.2 Å². The normalized spacial score (nSPS) is 26.5. The summed E-state index contributed by atoms with van der Waals surface area (Å²) in [6.07, 6.45) is 9.18. The molecule has 1 saturated heterocycles. The molecule has 0 aromatic rings. The van der Waals surface area contributed by atoms with E-state index in [0.717, 1.165) is 12.0 Å². The van der Waals surface area contributed by atoms with Crippen LogP contribution in [0, 0.1) is 5.92 Å². The Hall–Kier alpha value is -0.340. The van der Waals surface area contributed by atoms with Crippen LogP contribution < -0.4 is 5.32 Å². The highest BCUT2D eigenvalue weighted by molar-refractivity contribution is 5.07. The van der Waals surface area contributed by atoms with Gasteiger partial charge in [0.05, 0.1) is 0 Å². The summed E-state index contributed by atoms with van der Waals surface area (Å²) in [6.45, 7) is 9.60. The second-order valence-corrected chi connectivity index (χ2v) is 6.09. The van der Waals surface area contributed by atoms with Gasteiger partial charge in [-0.2, -0.15) is 0 Å². The van der Waals surface area contributed by atoms with Crippen LogP contribution in [-0.2, 0) is 0 Å². The van der Waals surface area contributed by atoms with Gasteiger partial charge < -0.3 is 10.2 Å². The van der Waals surface area contributed by atoms with Crippen LogP contribution in [0.3, 0.4) is 0 Å². The van der Waals surface area contributed by atoms with Gasteiger partial charge in [0.1, 0.15) is 0 Å². The van der Waals surface area contributed by atoms with Crippen molar-refractivity contribution in [1.82, 2.24) is 10.2 Å². The second-order valence-electron chi connectivity index (χ2n) is 6.09. The molecule has 0 saturated carbocycles. The Morgan fingerprint density at radius 2 is 2.35 bits per heavy atom. The minimum atomic E-state index is 0.723. The summed E-state index contributed by atoms with van der Waals surface area (Å²) >= 11 is 0. The van der Waals surface area contributed by atoms with Crippen LogP contribution in [0.15, 0.2) is 11.6 Å². The smallest absolute Gasteiger partial charge is 0.0198 e. The van der Waals surface area contributed by atoms with Gasteiger partial charge in [0.2, 0.25) is 0 Å². The van der Waals surface area contributed by atoms with Crippen LogP contribution in [0.5, 0.6) is 0 Å². The lowest BCUT2D eigenvalue weighted by atomic mass is 10.0. The Balaban J connectivity index is 1.69. The molecule has 0 amide bonds. The lowest BCUT2D eigenvalue weighted by Gasteiger charge is -2.34. The lowest BCUT2D eigenvalue weighted by molar-refractivity contribution is 0.188. The molecule has 0 aromatic carbocycles. The van der Waals surface area contributed by atoms with E-state index in [2.05, 4.69) is 30.1 Å². The van der Waals surface area contributed by atoms with Crippen molar-refractivity contribution in [1.29, 1.82) is 0 Å². The number of nitrogens with one attached hydrogen (secondary N) is 1. The zero-order valence-corrected chi connectivity index (χ0v) is 11.5. The topological polar surface area (TPSA) is 15.3 Å². The molecule has 1 unspecified atom stereocenters. The Bertz CT molecular complexity index is 258. The van der Waals surface area contributed by atoms with Crippen molar-refractivity contribution in [2.45, 2.75) is 52.0 Å². The summed E-state index contributed by atoms with van der Waals surface area (Å²) < 4.78 is 0. The van der Waals surface area contributed by atoms with Crippen molar-refractivity contribution in [3.05, 3.63) is 11.6 Å². The first-order valence-electron chi connectivity index (χ1n) is 7.37. The fourth-order valence-corrected chi connectivity index (χ4v) is 3.09. The molecule has 0 aromatic heterocycles. The molecule has 2 rings (SSSR count). The summed E-state index contributed by atoms with van der Waals surface area (Å²) in [6, 6.07) is 0.723. The first-order chi connectivity index (χ1) is 8.24. The average molecular weight is 236 g/mol. The number of nitrogens with zero attached hydrogens (tertiary/aromatic N) is 1. The fourth-order valence-electron chi connectivity index (χ4n) is 3.09. The van der Waals surface area contributed by atoms with E-state index in [1.165, 1.54) is 58.3 Å². The van der Waals surface area contributed by atoms with Crippen molar-refractivity contribution >= 4 is 0 Å². The third kappa shape index (κ3) is 4.44. The van der Waals surface area contributed by atoms with E-state index in [0.29, 0.717) is 0 Å². The molecule has 2 heteroatoms. The molecule has 0 spiro atoms. The Morgan fingerprint density at radius 1 is 1.47 bits per heavy atom. The third-order valence-electron chi connectivity index (χ3n) is 3.98. The van der Waals surface area contributed by atoms with E-state index in [1.54, 1.807) is 5.57 Å². The molecule has 2 nitrogen and oxygen atoms in total. The van der Waals surface area contributed by atoms with Gasteiger partial charge in [0.15, 0.2) is 0 Å². The van der Waals surface area contributed by atoms with Gasteiger partial charge in [-0.3, -0.25) is 0 Å². The molecule has 1 fully saturated rings. The summed E-state index contributed by atoms with van der Waals surface area (Å²) in [7, 11) is 0. The average Bonchev–Trinajstić information content (AvgIpc) is 2.79. The molecule has 17 heavy (non-hydrogen) atoms. The van der Waals surface area contributed by atoms with Crippen molar-refractivity contribution in [3.63, 3.8) is 0 Å². The highest BCUT2D eigenvalue weighted by Gasteiger charge is 2.19. The van der Waals surface area contributed by atoms with E-state index in [-0.39, 0.29) is 0 Å².